The molecule has 1 saturated heterocycles. The van der Waals surface area contributed by atoms with E-state index in [9.17, 15) is 29.3 Å². The van der Waals surface area contributed by atoms with Crippen LogP contribution in [0.15, 0.2) is 40.9 Å². The Morgan fingerprint density at radius 2 is 1.85 bits per heavy atom. The van der Waals surface area contributed by atoms with Gasteiger partial charge in [-0.1, -0.05) is 15.9 Å². The molecule has 0 aromatic heterocycles. The van der Waals surface area contributed by atoms with E-state index in [0.29, 0.717) is 5.69 Å². The first-order valence-corrected chi connectivity index (χ1v) is 10.9. The Balaban J connectivity index is 1.50. The molecular formula is C22H21BrN4O7. The number of carbonyl (C=O) groups is 4. The topological polar surface area (TPSA) is 148 Å². The molecular weight excluding hydrogens is 512 g/mol. The van der Waals surface area contributed by atoms with E-state index in [1.54, 1.807) is 6.07 Å². The van der Waals surface area contributed by atoms with Gasteiger partial charge in [-0.2, -0.15) is 0 Å². The SMILES string of the molecule is Cc1cc(NC(=O)COC(=O)[C@H]2CC(=O)N(NC(=O)c3ccc([N+](=O)[O-])cc3)C2)c(C)cc1Br. The maximum absolute atomic E-state index is 12.4. The van der Waals surface area contributed by atoms with E-state index in [4.69, 9.17) is 4.74 Å². The number of rotatable bonds is 7. The van der Waals surface area contributed by atoms with Gasteiger partial charge in [0.2, 0.25) is 5.91 Å². The van der Waals surface area contributed by atoms with Crippen molar-refractivity contribution in [3.63, 3.8) is 0 Å². The number of carbonyl (C=O) groups excluding carboxylic acids is 4. The van der Waals surface area contributed by atoms with Gasteiger partial charge in [-0.15, -0.1) is 0 Å². The van der Waals surface area contributed by atoms with Crippen LogP contribution in [0.25, 0.3) is 0 Å². The molecule has 178 valence electrons. The van der Waals surface area contributed by atoms with Gasteiger partial charge in [-0.3, -0.25) is 39.7 Å². The summed E-state index contributed by atoms with van der Waals surface area (Å²) in [6.45, 7) is 3.06. The van der Waals surface area contributed by atoms with Crippen molar-refractivity contribution in [1.29, 1.82) is 0 Å². The van der Waals surface area contributed by atoms with Crippen LogP contribution in [0.1, 0.15) is 27.9 Å². The lowest BCUT2D eigenvalue weighted by Gasteiger charge is -2.17. The quantitative estimate of drug-likeness (QED) is 0.316. The Labute approximate surface area is 202 Å². The van der Waals surface area contributed by atoms with Crippen LogP contribution >= 0.6 is 15.9 Å². The highest BCUT2D eigenvalue weighted by Crippen LogP contribution is 2.24. The van der Waals surface area contributed by atoms with E-state index in [0.717, 1.165) is 20.6 Å². The van der Waals surface area contributed by atoms with Gasteiger partial charge in [0.05, 0.1) is 17.4 Å². The molecule has 0 saturated carbocycles. The minimum absolute atomic E-state index is 0.111. The highest BCUT2D eigenvalue weighted by Gasteiger charge is 2.36. The van der Waals surface area contributed by atoms with Gasteiger partial charge in [-0.25, -0.2) is 0 Å². The second-order valence-corrected chi connectivity index (χ2v) is 8.58. The summed E-state index contributed by atoms with van der Waals surface area (Å²) < 4.78 is 5.97. The van der Waals surface area contributed by atoms with Crippen LogP contribution in [-0.2, 0) is 19.1 Å². The average molecular weight is 533 g/mol. The van der Waals surface area contributed by atoms with Crippen LogP contribution in [0, 0.1) is 29.9 Å². The van der Waals surface area contributed by atoms with Gasteiger partial charge in [0.15, 0.2) is 6.61 Å². The molecule has 0 radical (unpaired) electrons. The fraction of sp³-hybridized carbons (Fsp3) is 0.273. The van der Waals surface area contributed by atoms with Crippen LogP contribution < -0.4 is 10.7 Å². The first-order valence-electron chi connectivity index (χ1n) is 10.1. The first kappa shape index (κ1) is 24.8. The van der Waals surface area contributed by atoms with Crippen molar-refractivity contribution in [3.8, 4) is 0 Å². The molecule has 2 aromatic rings. The van der Waals surface area contributed by atoms with Crippen LogP contribution in [0.2, 0.25) is 0 Å². The number of amides is 3. The fourth-order valence-corrected chi connectivity index (χ4v) is 3.71. The normalized spacial score (nSPS) is 15.1. The highest BCUT2D eigenvalue weighted by atomic mass is 79.9. The Hall–Kier alpha value is -3.80. The molecule has 1 heterocycles. The Kier molecular flexibility index (Phi) is 7.61. The third-order valence-electron chi connectivity index (χ3n) is 5.16. The maximum atomic E-state index is 12.4. The van der Waals surface area contributed by atoms with Crippen LogP contribution in [0.5, 0.6) is 0 Å². The van der Waals surface area contributed by atoms with Crippen LogP contribution in [-0.4, -0.2) is 46.8 Å². The van der Waals surface area contributed by atoms with Gasteiger partial charge in [-0.05, 0) is 49.2 Å². The molecule has 2 aromatic carbocycles. The summed E-state index contributed by atoms with van der Waals surface area (Å²) in [6, 6.07) is 8.51. The summed E-state index contributed by atoms with van der Waals surface area (Å²) in [4.78, 5) is 59.2. The zero-order chi connectivity index (χ0) is 25.0. The van der Waals surface area contributed by atoms with Gasteiger partial charge >= 0.3 is 5.97 Å². The van der Waals surface area contributed by atoms with Gasteiger partial charge < -0.3 is 10.1 Å². The zero-order valence-electron chi connectivity index (χ0n) is 18.3. The number of esters is 1. The molecule has 0 aliphatic carbocycles. The second kappa shape index (κ2) is 10.4. The molecule has 1 fully saturated rings. The van der Waals surface area contributed by atoms with Crippen LogP contribution in [0.4, 0.5) is 11.4 Å². The predicted molar refractivity (Wildman–Crippen MR) is 124 cm³/mol. The number of nitrogens with zero attached hydrogens (tertiary/aromatic N) is 2. The summed E-state index contributed by atoms with van der Waals surface area (Å²) in [5.41, 5.74) is 4.67. The minimum Gasteiger partial charge on any atom is -0.455 e. The lowest BCUT2D eigenvalue weighted by atomic mass is 10.1. The van der Waals surface area contributed by atoms with Crippen molar-refractivity contribution in [2.24, 2.45) is 5.92 Å². The van der Waals surface area contributed by atoms with E-state index < -0.39 is 41.1 Å². The van der Waals surface area contributed by atoms with Crippen molar-refractivity contribution in [2.45, 2.75) is 20.3 Å². The van der Waals surface area contributed by atoms with Crippen molar-refractivity contribution >= 4 is 51.0 Å². The molecule has 3 rings (SSSR count). The number of nitrogens with one attached hydrogen (secondary N) is 2. The Morgan fingerprint density at radius 3 is 2.50 bits per heavy atom. The molecule has 1 aliphatic heterocycles. The van der Waals surface area contributed by atoms with E-state index in [-0.39, 0.29) is 24.2 Å². The molecule has 3 amide bonds. The largest absolute Gasteiger partial charge is 0.455 e. The Bertz CT molecular complexity index is 1170. The summed E-state index contributed by atoms with van der Waals surface area (Å²) in [7, 11) is 0. The number of hydrogen-bond donors (Lipinski definition) is 2. The predicted octanol–water partition coefficient (Wildman–Crippen LogP) is 2.65. The zero-order valence-corrected chi connectivity index (χ0v) is 19.9. The lowest BCUT2D eigenvalue weighted by Crippen LogP contribution is -2.43. The number of nitro groups is 1. The number of nitro benzene ring substituents is 1. The van der Waals surface area contributed by atoms with Crippen LogP contribution in [0.3, 0.4) is 0 Å². The summed E-state index contributed by atoms with van der Waals surface area (Å²) in [5, 5.41) is 14.4. The summed E-state index contributed by atoms with van der Waals surface area (Å²) in [5.74, 6) is -3.27. The lowest BCUT2D eigenvalue weighted by molar-refractivity contribution is -0.384. The number of hydrogen-bond acceptors (Lipinski definition) is 7. The Morgan fingerprint density at radius 1 is 1.18 bits per heavy atom. The average Bonchev–Trinajstić information content (AvgIpc) is 3.16. The summed E-state index contributed by atoms with van der Waals surface area (Å²) >= 11 is 3.42. The summed E-state index contributed by atoms with van der Waals surface area (Å²) in [6.07, 6.45) is -0.188. The number of ether oxygens (including phenoxy) is 1. The standard InChI is InChI=1S/C22H21BrN4O7/c1-12-8-18(13(2)7-17(12)23)24-19(28)11-34-22(31)15-9-20(29)26(10-15)25-21(30)14-3-5-16(6-4-14)27(32)33/h3-8,15H,9-11H2,1-2H3,(H,24,28)(H,25,30)/t15-/m0/s1. The second-order valence-electron chi connectivity index (χ2n) is 7.72. The minimum atomic E-state index is -0.853. The molecule has 1 atom stereocenters. The van der Waals surface area contributed by atoms with Gasteiger partial charge in [0.1, 0.15) is 0 Å². The third kappa shape index (κ3) is 5.95. The van der Waals surface area contributed by atoms with Gasteiger partial charge in [0, 0.05) is 34.3 Å². The van der Waals surface area contributed by atoms with Crippen molar-refractivity contribution in [2.75, 3.05) is 18.5 Å². The van der Waals surface area contributed by atoms with Crippen molar-refractivity contribution in [3.05, 3.63) is 67.7 Å². The number of halogens is 1. The molecule has 0 bridgehead atoms. The van der Waals surface area contributed by atoms with E-state index >= 15 is 0 Å². The molecule has 0 spiro atoms. The van der Waals surface area contributed by atoms with Crippen molar-refractivity contribution < 1.29 is 28.8 Å². The molecule has 12 heteroatoms. The monoisotopic (exact) mass is 532 g/mol. The first-order chi connectivity index (χ1) is 16.0. The third-order valence-corrected chi connectivity index (χ3v) is 6.01. The molecule has 0 unspecified atom stereocenters. The highest BCUT2D eigenvalue weighted by molar-refractivity contribution is 9.10. The molecule has 1 aliphatic rings. The van der Waals surface area contributed by atoms with E-state index in [2.05, 4.69) is 26.7 Å². The smallest absolute Gasteiger partial charge is 0.311 e. The number of hydrazine groups is 1. The molecule has 11 nitrogen and oxygen atoms in total. The fourth-order valence-electron chi connectivity index (χ4n) is 3.25. The van der Waals surface area contributed by atoms with Gasteiger partial charge in [0.25, 0.3) is 17.5 Å². The molecule has 2 N–H and O–H groups in total. The number of benzene rings is 2. The van der Waals surface area contributed by atoms with E-state index in [1.807, 2.05) is 19.9 Å². The maximum Gasteiger partial charge on any atom is 0.311 e. The molecule has 34 heavy (non-hydrogen) atoms. The van der Waals surface area contributed by atoms with Crippen molar-refractivity contribution in [1.82, 2.24) is 10.4 Å². The van der Waals surface area contributed by atoms with E-state index in [1.165, 1.54) is 24.3 Å². The number of aryl methyl sites for hydroxylation is 2. The number of anilines is 1. The number of non-ortho nitro benzene ring substituents is 1.